The van der Waals surface area contributed by atoms with E-state index >= 15 is 0 Å². The normalized spacial score (nSPS) is 24.4. The minimum Gasteiger partial charge on any atom is -0.445 e. The molecule has 1 saturated carbocycles. The third kappa shape index (κ3) is 4.39. The van der Waals surface area contributed by atoms with Crippen LogP contribution in [0.5, 0.6) is 0 Å². The standard InChI is InChI=1S/C24H28F2N4O3S/c1-15-12-28(23(32)33-20-9-24(25,26)10-20)22-8-17(5-6-21(22)30(15)16(2)31)18-11-27-29(13-18)19-4-3-7-34-14-19/h5-6,8,11,13,15,19-20H,3-4,7,9-10,12,14H2,1-2H3. The number of hydrogen-bond acceptors (Lipinski definition) is 5. The molecule has 0 N–H and O–H groups in total. The van der Waals surface area contributed by atoms with Crippen molar-refractivity contribution in [1.29, 1.82) is 0 Å². The highest BCUT2D eigenvalue weighted by Gasteiger charge is 2.48. The lowest BCUT2D eigenvalue weighted by atomic mass is 9.91. The summed E-state index contributed by atoms with van der Waals surface area (Å²) in [6.07, 6.45) is 3.75. The van der Waals surface area contributed by atoms with Gasteiger partial charge in [-0.2, -0.15) is 16.9 Å². The zero-order chi connectivity index (χ0) is 24.0. The van der Waals surface area contributed by atoms with E-state index in [1.165, 1.54) is 24.0 Å². The first-order valence-corrected chi connectivity index (χ1v) is 12.8. The Morgan fingerprint density at radius 3 is 2.68 bits per heavy atom. The zero-order valence-corrected chi connectivity index (χ0v) is 20.1. The second-order valence-electron chi connectivity index (χ2n) is 9.40. The number of aromatic nitrogens is 2. The third-order valence-electron chi connectivity index (χ3n) is 6.74. The van der Waals surface area contributed by atoms with E-state index in [4.69, 9.17) is 4.74 Å². The van der Waals surface area contributed by atoms with Gasteiger partial charge in [0.15, 0.2) is 0 Å². The second kappa shape index (κ2) is 8.87. The highest BCUT2D eigenvalue weighted by atomic mass is 32.2. The molecule has 0 spiro atoms. The molecule has 3 heterocycles. The number of amides is 2. The Morgan fingerprint density at radius 1 is 1.21 bits per heavy atom. The van der Waals surface area contributed by atoms with Crippen LogP contribution in [0, 0.1) is 0 Å². The first-order valence-electron chi connectivity index (χ1n) is 11.6. The predicted octanol–water partition coefficient (Wildman–Crippen LogP) is 5.11. The number of alkyl halides is 2. The summed E-state index contributed by atoms with van der Waals surface area (Å²) in [6, 6.07) is 5.68. The Labute approximate surface area is 201 Å². The summed E-state index contributed by atoms with van der Waals surface area (Å²) in [7, 11) is 0. The van der Waals surface area contributed by atoms with Crippen LogP contribution in [0.1, 0.15) is 45.6 Å². The van der Waals surface area contributed by atoms with Gasteiger partial charge in [-0.25, -0.2) is 13.6 Å². The van der Waals surface area contributed by atoms with Crippen molar-refractivity contribution < 1.29 is 23.1 Å². The van der Waals surface area contributed by atoms with Gasteiger partial charge in [-0.15, -0.1) is 0 Å². The molecule has 5 rings (SSSR count). The van der Waals surface area contributed by atoms with Crippen molar-refractivity contribution in [3.05, 3.63) is 30.6 Å². The number of carbonyl (C=O) groups excluding carboxylic acids is 2. The smallest absolute Gasteiger partial charge is 0.414 e. The monoisotopic (exact) mass is 490 g/mol. The number of ether oxygens (including phenoxy) is 1. The highest BCUT2D eigenvalue weighted by molar-refractivity contribution is 7.99. The molecular weight excluding hydrogens is 462 g/mol. The molecule has 182 valence electrons. The van der Waals surface area contributed by atoms with Gasteiger partial charge in [0.2, 0.25) is 5.91 Å². The lowest BCUT2D eigenvalue weighted by Crippen LogP contribution is -2.53. The molecule has 1 aromatic heterocycles. The van der Waals surface area contributed by atoms with Crippen molar-refractivity contribution in [3.63, 3.8) is 0 Å². The SMILES string of the molecule is CC(=O)N1c2ccc(-c3cnn(C4CCCSC4)c3)cc2N(C(=O)OC2CC(F)(F)C2)CC1C. The van der Waals surface area contributed by atoms with Gasteiger partial charge in [-0.3, -0.25) is 14.4 Å². The van der Waals surface area contributed by atoms with Crippen LogP contribution in [0.15, 0.2) is 30.6 Å². The molecule has 10 heteroatoms. The van der Waals surface area contributed by atoms with Crippen LogP contribution in [0.3, 0.4) is 0 Å². The molecule has 3 aliphatic rings. The fourth-order valence-electron chi connectivity index (χ4n) is 4.97. The Kier molecular flexibility index (Phi) is 6.03. The summed E-state index contributed by atoms with van der Waals surface area (Å²) in [5.41, 5.74) is 2.91. The molecule has 2 amide bonds. The molecule has 2 atom stereocenters. The van der Waals surface area contributed by atoms with Crippen molar-refractivity contribution in [1.82, 2.24) is 9.78 Å². The van der Waals surface area contributed by atoms with Gasteiger partial charge < -0.3 is 9.64 Å². The number of halogens is 2. The lowest BCUT2D eigenvalue weighted by molar-refractivity contribution is -0.143. The van der Waals surface area contributed by atoms with Crippen LogP contribution in [0.25, 0.3) is 11.1 Å². The maximum absolute atomic E-state index is 13.2. The minimum atomic E-state index is -2.77. The summed E-state index contributed by atoms with van der Waals surface area (Å²) in [6.45, 7) is 3.56. The van der Waals surface area contributed by atoms with E-state index in [9.17, 15) is 18.4 Å². The van der Waals surface area contributed by atoms with Gasteiger partial charge in [-0.1, -0.05) is 6.07 Å². The highest BCUT2D eigenvalue weighted by Crippen LogP contribution is 2.42. The van der Waals surface area contributed by atoms with E-state index in [2.05, 4.69) is 5.10 Å². The molecule has 1 saturated heterocycles. The van der Waals surface area contributed by atoms with E-state index in [-0.39, 0.29) is 18.5 Å². The quantitative estimate of drug-likeness (QED) is 0.598. The molecule has 34 heavy (non-hydrogen) atoms. The van der Waals surface area contributed by atoms with E-state index < -0.39 is 31.0 Å². The molecule has 2 unspecified atom stereocenters. The van der Waals surface area contributed by atoms with Gasteiger partial charge in [0.1, 0.15) is 6.10 Å². The largest absolute Gasteiger partial charge is 0.445 e. The van der Waals surface area contributed by atoms with Crippen LogP contribution in [0.4, 0.5) is 25.0 Å². The van der Waals surface area contributed by atoms with Crippen LogP contribution in [-0.4, -0.2) is 57.9 Å². The number of anilines is 2. The summed E-state index contributed by atoms with van der Waals surface area (Å²) < 4.78 is 33.9. The van der Waals surface area contributed by atoms with Gasteiger partial charge in [0.05, 0.1) is 29.7 Å². The molecular formula is C24H28F2N4O3S. The van der Waals surface area contributed by atoms with Crippen molar-refractivity contribution in [2.75, 3.05) is 27.9 Å². The van der Waals surface area contributed by atoms with E-state index in [0.717, 1.165) is 23.3 Å². The number of nitrogens with zero attached hydrogens (tertiary/aromatic N) is 4. The number of benzene rings is 1. The first kappa shape index (κ1) is 23.1. The minimum absolute atomic E-state index is 0.129. The maximum Gasteiger partial charge on any atom is 0.414 e. The molecule has 1 aromatic carbocycles. The Morgan fingerprint density at radius 2 is 2.00 bits per heavy atom. The number of rotatable bonds is 3. The van der Waals surface area contributed by atoms with Gasteiger partial charge in [0.25, 0.3) is 5.92 Å². The topological polar surface area (TPSA) is 67.7 Å². The van der Waals surface area contributed by atoms with Gasteiger partial charge in [0, 0.05) is 43.8 Å². The van der Waals surface area contributed by atoms with Crippen molar-refractivity contribution in [3.8, 4) is 11.1 Å². The van der Waals surface area contributed by atoms with E-state index in [1.807, 2.05) is 54.0 Å². The first-order chi connectivity index (χ1) is 16.2. The molecule has 2 aromatic rings. The Balaban J connectivity index is 1.44. The summed E-state index contributed by atoms with van der Waals surface area (Å²) in [5.74, 6) is -0.675. The van der Waals surface area contributed by atoms with Crippen LogP contribution >= 0.6 is 11.8 Å². The average molecular weight is 491 g/mol. The van der Waals surface area contributed by atoms with E-state index in [0.29, 0.717) is 17.4 Å². The zero-order valence-electron chi connectivity index (χ0n) is 19.2. The fourth-order valence-corrected chi connectivity index (χ4v) is 6.10. The maximum atomic E-state index is 13.2. The molecule has 1 aliphatic carbocycles. The summed E-state index contributed by atoms with van der Waals surface area (Å²) >= 11 is 1.94. The molecule has 0 bridgehead atoms. The predicted molar refractivity (Wildman–Crippen MR) is 128 cm³/mol. The Hall–Kier alpha value is -2.62. The Bertz CT molecular complexity index is 1090. The molecule has 0 radical (unpaired) electrons. The molecule has 2 aliphatic heterocycles. The van der Waals surface area contributed by atoms with Crippen LogP contribution < -0.4 is 9.80 Å². The number of hydrogen-bond donors (Lipinski definition) is 0. The van der Waals surface area contributed by atoms with Crippen LogP contribution in [0.2, 0.25) is 0 Å². The van der Waals surface area contributed by atoms with Crippen LogP contribution in [-0.2, 0) is 9.53 Å². The van der Waals surface area contributed by atoms with Gasteiger partial charge in [-0.05, 0) is 43.2 Å². The number of fused-ring (bicyclic) bond motifs is 1. The van der Waals surface area contributed by atoms with E-state index in [1.54, 1.807) is 4.90 Å². The second-order valence-corrected chi connectivity index (χ2v) is 10.6. The molecule has 2 fully saturated rings. The van der Waals surface area contributed by atoms with Crippen molar-refractivity contribution in [2.24, 2.45) is 0 Å². The van der Waals surface area contributed by atoms with Crippen molar-refractivity contribution >= 4 is 35.1 Å². The molecule has 7 nitrogen and oxygen atoms in total. The fraction of sp³-hybridized carbons (Fsp3) is 0.542. The van der Waals surface area contributed by atoms with Gasteiger partial charge >= 0.3 is 6.09 Å². The number of thioether (sulfide) groups is 1. The summed E-state index contributed by atoms with van der Waals surface area (Å²) in [4.78, 5) is 28.5. The average Bonchev–Trinajstić information content (AvgIpc) is 3.27. The lowest BCUT2D eigenvalue weighted by Gasteiger charge is -2.42. The third-order valence-corrected chi connectivity index (χ3v) is 7.94. The number of carbonyl (C=O) groups is 2. The van der Waals surface area contributed by atoms with Crippen molar-refractivity contribution in [2.45, 2.75) is 63.6 Å². The summed E-state index contributed by atoms with van der Waals surface area (Å²) in [5, 5.41) is 4.57.